The second kappa shape index (κ2) is 10.2. The predicted molar refractivity (Wildman–Crippen MR) is 128 cm³/mol. The van der Waals surface area contributed by atoms with Crippen molar-refractivity contribution in [2.24, 2.45) is 0 Å². The molecule has 0 fully saturated rings. The minimum Gasteiger partial charge on any atom is -0.496 e. The van der Waals surface area contributed by atoms with Gasteiger partial charge in [0.1, 0.15) is 11.5 Å². The maximum atomic E-state index is 13.0. The van der Waals surface area contributed by atoms with E-state index in [4.69, 9.17) is 21.1 Å². The van der Waals surface area contributed by atoms with Gasteiger partial charge >= 0.3 is 6.18 Å². The molecule has 3 rings (SSSR count). The molecule has 0 unspecified atom stereocenters. The molecule has 0 radical (unpaired) electrons. The van der Waals surface area contributed by atoms with Crippen LogP contribution < -0.4 is 14.8 Å². The zero-order valence-corrected chi connectivity index (χ0v) is 19.8. The summed E-state index contributed by atoms with van der Waals surface area (Å²) in [5, 5.41) is 3.71. The van der Waals surface area contributed by atoms with Crippen molar-refractivity contribution in [1.82, 2.24) is 0 Å². The van der Waals surface area contributed by atoms with Crippen LogP contribution in [0.4, 0.5) is 18.9 Å². The number of carbonyl (C=O) groups is 1. The first-order valence-electron chi connectivity index (χ1n) is 10.2. The lowest BCUT2D eigenvalue weighted by Crippen LogP contribution is -2.05. The van der Waals surface area contributed by atoms with Gasteiger partial charge in [-0.15, -0.1) is 0 Å². The van der Waals surface area contributed by atoms with Crippen LogP contribution in [0.2, 0.25) is 5.02 Å². The molecule has 0 aliphatic heterocycles. The summed E-state index contributed by atoms with van der Waals surface area (Å²) in [5.41, 5.74) is 3.69. The first-order valence-corrected chi connectivity index (χ1v) is 10.6. The first-order chi connectivity index (χ1) is 16.1. The van der Waals surface area contributed by atoms with Gasteiger partial charge in [-0.25, -0.2) is 0 Å². The number of hydrogen-bond acceptors (Lipinski definition) is 4. The highest BCUT2D eigenvalue weighted by Gasteiger charge is 2.31. The van der Waals surface area contributed by atoms with Crippen molar-refractivity contribution in [3.05, 3.63) is 82.0 Å². The SMILES string of the molecule is COc1cc(N/C(C)=C(\C=O)c2ccc(-c3ccc(C(F)(F)F)cc3OC)cc2)c(C)cc1Cl. The molecule has 0 aromatic heterocycles. The van der Waals surface area contributed by atoms with Gasteiger partial charge in [-0.05, 0) is 48.7 Å². The Hall–Kier alpha value is -3.45. The Morgan fingerprint density at radius 1 is 0.971 bits per heavy atom. The smallest absolute Gasteiger partial charge is 0.416 e. The maximum absolute atomic E-state index is 13.0. The van der Waals surface area contributed by atoms with E-state index in [1.165, 1.54) is 20.3 Å². The lowest BCUT2D eigenvalue weighted by Gasteiger charge is -2.15. The number of allylic oxidation sites excluding steroid dienone is 2. The highest BCUT2D eigenvalue weighted by Crippen LogP contribution is 2.37. The van der Waals surface area contributed by atoms with Crippen LogP contribution in [0.1, 0.15) is 23.6 Å². The van der Waals surface area contributed by atoms with Crippen LogP contribution in [-0.4, -0.2) is 20.5 Å². The lowest BCUT2D eigenvalue weighted by atomic mass is 9.98. The minimum absolute atomic E-state index is 0.110. The summed E-state index contributed by atoms with van der Waals surface area (Å²) < 4.78 is 49.5. The van der Waals surface area contributed by atoms with Gasteiger partial charge in [0.15, 0.2) is 6.29 Å². The van der Waals surface area contributed by atoms with Gasteiger partial charge in [0.2, 0.25) is 0 Å². The van der Waals surface area contributed by atoms with Crippen LogP contribution in [-0.2, 0) is 11.0 Å². The molecule has 34 heavy (non-hydrogen) atoms. The standard InChI is InChI=1S/C26H23ClF3NO3/c1-15-11-22(27)25(34-4)13-23(15)31-16(2)21(14-32)18-7-5-17(6-8-18)20-10-9-19(26(28,29)30)12-24(20)33-3/h5-14,31H,1-4H3/b21-16+. The molecule has 0 aliphatic carbocycles. The van der Waals surface area contributed by atoms with Gasteiger partial charge in [0.05, 0.1) is 24.8 Å². The molecule has 0 aliphatic rings. The lowest BCUT2D eigenvalue weighted by molar-refractivity contribution is -0.137. The fourth-order valence-electron chi connectivity index (χ4n) is 3.52. The second-order valence-electron chi connectivity index (χ2n) is 7.57. The highest BCUT2D eigenvalue weighted by molar-refractivity contribution is 6.32. The number of alkyl halides is 3. The molecular formula is C26H23ClF3NO3. The van der Waals surface area contributed by atoms with Crippen LogP contribution in [0.15, 0.2) is 60.3 Å². The van der Waals surface area contributed by atoms with Gasteiger partial charge in [0, 0.05) is 28.6 Å². The minimum atomic E-state index is -4.46. The Labute approximate surface area is 201 Å². The summed E-state index contributed by atoms with van der Waals surface area (Å²) in [5.74, 6) is 0.615. The number of aldehydes is 1. The van der Waals surface area contributed by atoms with Crippen molar-refractivity contribution in [3.8, 4) is 22.6 Å². The molecule has 0 spiro atoms. The average molecular weight is 490 g/mol. The number of aryl methyl sites for hydroxylation is 1. The molecule has 1 N–H and O–H groups in total. The topological polar surface area (TPSA) is 47.6 Å². The van der Waals surface area contributed by atoms with E-state index in [-0.39, 0.29) is 5.75 Å². The summed E-state index contributed by atoms with van der Waals surface area (Å²) in [4.78, 5) is 11.9. The molecule has 178 valence electrons. The van der Waals surface area contributed by atoms with Gasteiger partial charge < -0.3 is 14.8 Å². The molecule has 0 saturated heterocycles. The normalized spacial score (nSPS) is 12.1. The summed E-state index contributed by atoms with van der Waals surface area (Å²) in [6.45, 7) is 3.66. The molecule has 0 atom stereocenters. The number of nitrogens with one attached hydrogen (secondary N) is 1. The van der Waals surface area contributed by atoms with Crippen molar-refractivity contribution in [2.45, 2.75) is 20.0 Å². The Morgan fingerprint density at radius 3 is 2.18 bits per heavy atom. The zero-order chi connectivity index (χ0) is 25.0. The van der Waals surface area contributed by atoms with E-state index in [0.717, 1.165) is 29.7 Å². The Kier molecular flexibility index (Phi) is 7.57. The highest BCUT2D eigenvalue weighted by atomic mass is 35.5. The molecular weight excluding hydrogens is 467 g/mol. The third-order valence-corrected chi connectivity index (χ3v) is 5.67. The fourth-order valence-corrected chi connectivity index (χ4v) is 3.82. The molecule has 8 heteroatoms. The maximum Gasteiger partial charge on any atom is 0.416 e. The summed E-state index contributed by atoms with van der Waals surface area (Å²) in [6.07, 6.45) is -3.71. The Balaban J connectivity index is 1.94. The third-order valence-electron chi connectivity index (χ3n) is 5.38. The molecule has 0 amide bonds. The largest absolute Gasteiger partial charge is 0.496 e. The van der Waals surface area contributed by atoms with Crippen LogP contribution in [0, 0.1) is 6.92 Å². The number of ether oxygens (including phenoxy) is 2. The van der Waals surface area contributed by atoms with E-state index >= 15 is 0 Å². The van der Waals surface area contributed by atoms with Crippen LogP contribution in [0.3, 0.4) is 0 Å². The molecule has 3 aromatic rings. The number of carbonyl (C=O) groups excluding carboxylic acids is 1. The molecule has 0 saturated carbocycles. The van der Waals surface area contributed by atoms with E-state index in [2.05, 4.69) is 5.32 Å². The number of rotatable bonds is 7. The number of benzene rings is 3. The average Bonchev–Trinajstić information content (AvgIpc) is 2.80. The number of methoxy groups -OCH3 is 2. The van der Waals surface area contributed by atoms with Crippen molar-refractivity contribution >= 4 is 29.1 Å². The van der Waals surface area contributed by atoms with Gasteiger partial charge in [-0.3, -0.25) is 4.79 Å². The molecule has 0 bridgehead atoms. The molecule has 3 aromatic carbocycles. The quantitative estimate of drug-likeness (QED) is 0.277. The number of halogens is 4. The fraction of sp³-hybridized carbons (Fsp3) is 0.192. The Bertz CT molecular complexity index is 1240. The van der Waals surface area contributed by atoms with E-state index in [1.807, 2.05) is 6.92 Å². The monoisotopic (exact) mass is 489 g/mol. The van der Waals surface area contributed by atoms with Crippen molar-refractivity contribution in [3.63, 3.8) is 0 Å². The van der Waals surface area contributed by atoms with Crippen molar-refractivity contribution in [2.75, 3.05) is 19.5 Å². The van der Waals surface area contributed by atoms with Crippen molar-refractivity contribution in [1.29, 1.82) is 0 Å². The zero-order valence-electron chi connectivity index (χ0n) is 19.0. The van der Waals surface area contributed by atoms with E-state index in [9.17, 15) is 18.0 Å². The van der Waals surface area contributed by atoms with Crippen molar-refractivity contribution < 1.29 is 27.4 Å². The van der Waals surface area contributed by atoms with E-state index in [1.54, 1.807) is 43.3 Å². The van der Waals surface area contributed by atoms with Crippen LogP contribution >= 0.6 is 11.6 Å². The summed E-state index contributed by atoms with van der Waals surface area (Å²) in [7, 11) is 2.84. The van der Waals surface area contributed by atoms with Crippen LogP contribution in [0.25, 0.3) is 16.7 Å². The molecule has 4 nitrogen and oxygen atoms in total. The summed E-state index contributed by atoms with van der Waals surface area (Å²) >= 11 is 6.16. The van der Waals surface area contributed by atoms with Gasteiger partial charge in [-0.2, -0.15) is 13.2 Å². The first kappa shape index (κ1) is 25.2. The predicted octanol–water partition coefficient (Wildman–Crippen LogP) is 7.39. The van der Waals surface area contributed by atoms with E-state index < -0.39 is 11.7 Å². The van der Waals surface area contributed by atoms with E-state index in [0.29, 0.717) is 38.7 Å². The van der Waals surface area contributed by atoms with Crippen LogP contribution in [0.5, 0.6) is 11.5 Å². The Morgan fingerprint density at radius 2 is 1.62 bits per heavy atom. The second-order valence-corrected chi connectivity index (χ2v) is 7.98. The third kappa shape index (κ3) is 5.37. The number of hydrogen-bond donors (Lipinski definition) is 1. The molecule has 0 heterocycles. The number of anilines is 1. The summed E-state index contributed by atoms with van der Waals surface area (Å²) in [6, 6.07) is 13.8. The van der Waals surface area contributed by atoms with Gasteiger partial charge in [0.25, 0.3) is 0 Å². The van der Waals surface area contributed by atoms with Gasteiger partial charge in [-0.1, -0.05) is 41.9 Å².